The van der Waals surface area contributed by atoms with Crippen LogP contribution in [-0.4, -0.2) is 26.0 Å². The fraction of sp³-hybridized carbons (Fsp3) is 0.909. The third-order valence-corrected chi connectivity index (χ3v) is 7.17. The topological polar surface area (TPSA) is 37.3 Å². The second-order valence-corrected chi connectivity index (χ2v) is 10.3. The molecule has 0 aliphatic rings. The number of aliphatic carboxylic acids is 1. The molecule has 0 saturated heterocycles. The summed E-state index contributed by atoms with van der Waals surface area (Å²) in [6, 6.07) is 0. The van der Waals surface area contributed by atoms with Crippen LogP contribution < -0.4 is 0 Å². The van der Waals surface area contributed by atoms with Crippen LogP contribution in [0.2, 0.25) is 16.6 Å². The van der Waals surface area contributed by atoms with Crippen molar-refractivity contribution < 1.29 is 23.1 Å². The number of halogens is 3. The first-order chi connectivity index (χ1) is 7.41. The Morgan fingerprint density at radius 1 is 0.941 bits per heavy atom. The third kappa shape index (κ3) is 9.20. The summed E-state index contributed by atoms with van der Waals surface area (Å²) in [5.41, 5.74) is 2.92. The van der Waals surface area contributed by atoms with Gasteiger partial charge >= 0.3 is 12.1 Å². The smallest absolute Gasteiger partial charge is 0.475 e. The Kier molecular flexibility index (Phi) is 8.57. The maximum Gasteiger partial charge on any atom is 0.490 e. The SMILES string of the molecule is CC(C)[SiH](C(C)C)C(C)C.O=C(O)C(F)(F)F. The molecule has 0 bridgehead atoms. The first-order valence-corrected chi connectivity index (χ1v) is 7.71. The van der Waals surface area contributed by atoms with E-state index in [1.54, 1.807) is 0 Å². The summed E-state index contributed by atoms with van der Waals surface area (Å²) in [6.45, 7) is 14.3. The second-order valence-electron chi connectivity index (χ2n) is 5.11. The molecule has 0 aromatic heterocycles. The number of carboxylic acid groups (broad SMARTS) is 1. The molecule has 0 aromatic rings. The summed E-state index contributed by atoms with van der Waals surface area (Å²) in [6.07, 6.45) is -5.08. The Labute approximate surface area is 103 Å². The monoisotopic (exact) mass is 272 g/mol. The number of hydrogen-bond acceptors (Lipinski definition) is 1. The second kappa shape index (κ2) is 7.74. The highest BCUT2D eigenvalue weighted by Crippen LogP contribution is 2.28. The van der Waals surface area contributed by atoms with Crippen LogP contribution in [0.3, 0.4) is 0 Å². The molecule has 0 saturated carbocycles. The van der Waals surface area contributed by atoms with Crippen molar-refractivity contribution in [3.8, 4) is 0 Å². The number of hydrogen-bond donors (Lipinski definition) is 1. The van der Waals surface area contributed by atoms with Crippen LogP contribution in [0.4, 0.5) is 13.2 Å². The van der Waals surface area contributed by atoms with Crippen LogP contribution in [0, 0.1) is 0 Å². The maximum absolute atomic E-state index is 10.6. The molecule has 6 heteroatoms. The molecule has 0 unspecified atom stereocenters. The van der Waals surface area contributed by atoms with Crippen molar-refractivity contribution >= 4 is 14.8 Å². The molecule has 2 nitrogen and oxygen atoms in total. The quantitative estimate of drug-likeness (QED) is 0.786. The van der Waals surface area contributed by atoms with Crippen molar-refractivity contribution in [3.63, 3.8) is 0 Å². The van der Waals surface area contributed by atoms with Crippen molar-refractivity contribution in [2.75, 3.05) is 0 Å². The van der Waals surface area contributed by atoms with Gasteiger partial charge in [-0.1, -0.05) is 58.2 Å². The van der Waals surface area contributed by atoms with Gasteiger partial charge in [0.25, 0.3) is 0 Å². The van der Waals surface area contributed by atoms with Crippen molar-refractivity contribution in [3.05, 3.63) is 0 Å². The third-order valence-electron chi connectivity index (χ3n) is 2.55. The van der Waals surface area contributed by atoms with E-state index in [-0.39, 0.29) is 0 Å². The minimum absolute atomic E-state index is 0.454. The van der Waals surface area contributed by atoms with Crippen molar-refractivity contribution in [2.45, 2.75) is 64.3 Å². The Hall–Kier alpha value is -0.523. The van der Waals surface area contributed by atoms with Crippen LogP contribution >= 0.6 is 0 Å². The van der Waals surface area contributed by atoms with E-state index in [9.17, 15) is 13.2 Å². The van der Waals surface area contributed by atoms with Crippen LogP contribution in [0.1, 0.15) is 41.5 Å². The molecule has 0 aromatic carbocycles. The van der Waals surface area contributed by atoms with E-state index < -0.39 is 20.9 Å². The summed E-state index contributed by atoms with van der Waals surface area (Å²) in [7, 11) is -0.454. The zero-order valence-electron chi connectivity index (χ0n) is 11.3. The van der Waals surface area contributed by atoms with E-state index >= 15 is 0 Å². The van der Waals surface area contributed by atoms with Gasteiger partial charge in [-0.15, -0.1) is 0 Å². The molecule has 0 amide bonds. The zero-order valence-corrected chi connectivity index (χ0v) is 12.5. The lowest BCUT2D eigenvalue weighted by Crippen LogP contribution is -2.24. The fourth-order valence-electron chi connectivity index (χ4n) is 2.31. The van der Waals surface area contributed by atoms with Gasteiger partial charge in [0.2, 0.25) is 0 Å². The van der Waals surface area contributed by atoms with Gasteiger partial charge in [0.05, 0.1) is 0 Å². The predicted molar refractivity (Wildman–Crippen MR) is 66.1 cm³/mol. The largest absolute Gasteiger partial charge is 0.490 e. The van der Waals surface area contributed by atoms with Gasteiger partial charge in [0.1, 0.15) is 0 Å². The van der Waals surface area contributed by atoms with Gasteiger partial charge in [-0.25, -0.2) is 4.79 Å². The summed E-state index contributed by atoms with van der Waals surface area (Å²) in [5, 5.41) is 7.12. The highest BCUT2D eigenvalue weighted by Gasteiger charge is 2.38. The zero-order chi connectivity index (χ0) is 14.4. The predicted octanol–water partition coefficient (Wildman–Crippen LogP) is 4.08. The molecule has 0 aliphatic heterocycles. The Morgan fingerprint density at radius 2 is 1.12 bits per heavy atom. The molecule has 0 radical (unpaired) electrons. The van der Waals surface area contributed by atoms with Gasteiger partial charge in [0, 0.05) is 8.80 Å². The number of carboxylic acids is 1. The molecule has 0 aliphatic carbocycles. The van der Waals surface area contributed by atoms with Crippen LogP contribution in [0.15, 0.2) is 0 Å². The molecule has 17 heavy (non-hydrogen) atoms. The summed E-state index contributed by atoms with van der Waals surface area (Å²) >= 11 is 0. The lowest BCUT2D eigenvalue weighted by atomic mass is 10.5. The summed E-state index contributed by atoms with van der Waals surface area (Å²) in [5.74, 6) is -2.76. The highest BCUT2D eigenvalue weighted by atomic mass is 28.3. The van der Waals surface area contributed by atoms with E-state index in [2.05, 4.69) is 41.5 Å². The molecular formula is C11H23F3O2Si. The average Bonchev–Trinajstić information content (AvgIpc) is 1.99. The first kappa shape index (κ1) is 18.8. The average molecular weight is 272 g/mol. The first-order valence-electron chi connectivity index (χ1n) is 5.71. The molecule has 104 valence electrons. The van der Waals surface area contributed by atoms with Crippen LogP contribution in [-0.2, 0) is 4.79 Å². The molecule has 1 N–H and O–H groups in total. The molecule has 0 atom stereocenters. The van der Waals surface area contributed by atoms with Gasteiger partial charge in [-0.2, -0.15) is 13.2 Å². The van der Waals surface area contributed by atoms with Gasteiger partial charge in [-0.05, 0) is 0 Å². The number of alkyl halides is 3. The standard InChI is InChI=1S/C9H22Si.C2HF3O2/c1-7(2)10(8(3)4)9(5)6;3-2(4,5)1(6)7/h7-10H,1-6H3;(H,6,7). The lowest BCUT2D eigenvalue weighted by molar-refractivity contribution is -0.192. The van der Waals surface area contributed by atoms with E-state index in [0.29, 0.717) is 0 Å². The van der Waals surface area contributed by atoms with E-state index in [1.165, 1.54) is 0 Å². The van der Waals surface area contributed by atoms with E-state index in [4.69, 9.17) is 9.90 Å². The van der Waals surface area contributed by atoms with E-state index in [1.807, 2.05) is 0 Å². The highest BCUT2D eigenvalue weighted by molar-refractivity contribution is 6.63. The Balaban J connectivity index is 0. The van der Waals surface area contributed by atoms with Crippen LogP contribution in [0.25, 0.3) is 0 Å². The lowest BCUT2D eigenvalue weighted by Gasteiger charge is -2.26. The van der Waals surface area contributed by atoms with Crippen molar-refractivity contribution in [2.24, 2.45) is 0 Å². The molecule has 0 rings (SSSR count). The van der Waals surface area contributed by atoms with E-state index in [0.717, 1.165) is 16.6 Å². The Morgan fingerprint density at radius 3 is 1.12 bits per heavy atom. The molecule has 0 spiro atoms. The molecular weight excluding hydrogens is 249 g/mol. The summed E-state index contributed by atoms with van der Waals surface area (Å²) in [4.78, 5) is 8.90. The maximum atomic E-state index is 10.6. The minimum Gasteiger partial charge on any atom is -0.475 e. The normalized spacial score (nSPS) is 12.1. The van der Waals surface area contributed by atoms with Crippen molar-refractivity contribution in [1.82, 2.24) is 0 Å². The fourth-order valence-corrected chi connectivity index (χ4v) is 6.93. The number of carbonyl (C=O) groups is 1. The Bertz CT molecular complexity index is 206. The van der Waals surface area contributed by atoms with Gasteiger partial charge < -0.3 is 5.11 Å². The van der Waals surface area contributed by atoms with Gasteiger partial charge in [0.15, 0.2) is 0 Å². The van der Waals surface area contributed by atoms with Gasteiger partial charge in [-0.3, -0.25) is 0 Å². The molecule has 0 fully saturated rings. The number of rotatable bonds is 3. The minimum atomic E-state index is -5.08. The summed E-state index contributed by atoms with van der Waals surface area (Å²) < 4.78 is 31.7. The molecule has 0 heterocycles. The van der Waals surface area contributed by atoms with Crippen molar-refractivity contribution in [1.29, 1.82) is 0 Å². The van der Waals surface area contributed by atoms with Crippen LogP contribution in [0.5, 0.6) is 0 Å².